The summed E-state index contributed by atoms with van der Waals surface area (Å²) in [5.41, 5.74) is 2.33. The van der Waals surface area contributed by atoms with Crippen molar-refractivity contribution in [1.82, 2.24) is 0 Å². The van der Waals surface area contributed by atoms with Gasteiger partial charge in [0.1, 0.15) is 11.6 Å². The summed E-state index contributed by atoms with van der Waals surface area (Å²) in [7, 11) is 3.08. The summed E-state index contributed by atoms with van der Waals surface area (Å²) in [5.74, 6) is 0.650. The van der Waals surface area contributed by atoms with Crippen LogP contribution in [0, 0.1) is 18.3 Å². The monoisotopic (exact) mass is 337 g/mol. The van der Waals surface area contributed by atoms with E-state index < -0.39 is 5.91 Å². The zero-order chi connectivity index (χ0) is 18.2. The van der Waals surface area contributed by atoms with Gasteiger partial charge in [0, 0.05) is 23.6 Å². The number of amides is 1. The summed E-state index contributed by atoms with van der Waals surface area (Å²) in [6.45, 7) is 1.96. The Labute approximate surface area is 146 Å². The molecule has 0 saturated heterocycles. The third-order valence-electron chi connectivity index (χ3n) is 3.44. The van der Waals surface area contributed by atoms with Crippen LogP contribution < -0.4 is 20.1 Å². The smallest absolute Gasteiger partial charge is 0.267 e. The van der Waals surface area contributed by atoms with Gasteiger partial charge < -0.3 is 20.1 Å². The van der Waals surface area contributed by atoms with Crippen molar-refractivity contribution in [3.05, 3.63) is 59.8 Å². The molecule has 2 rings (SSSR count). The molecule has 2 aromatic carbocycles. The lowest BCUT2D eigenvalue weighted by Crippen LogP contribution is -2.14. The van der Waals surface area contributed by atoms with Crippen molar-refractivity contribution in [3.63, 3.8) is 0 Å². The van der Waals surface area contributed by atoms with Gasteiger partial charge in [-0.1, -0.05) is 17.7 Å². The number of hydrogen-bond acceptors (Lipinski definition) is 5. The second-order valence-electron chi connectivity index (χ2n) is 5.20. The number of aryl methyl sites for hydroxylation is 1. The van der Waals surface area contributed by atoms with Crippen molar-refractivity contribution >= 4 is 17.3 Å². The Morgan fingerprint density at radius 1 is 1.04 bits per heavy atom. The average Bonchev–Trinajstić information content (AvgIpc) is 2.63. The number of benzene rings is 2. The summed E-state index contributed by atoms with van der Waals surface area (Å²) < 4.78 is 10.4. The van der Waals surface area contributed by atoms with Crippen LogP contribution in [0.3, 0.4) is 0 Å². The number of anilines is 2. The van der Waals surface area contributed by atoms with E-state index in [-0.39, 0.29) is 5.57 Å². The van der Waals surface area contributed by atoms with Crippen LogP contribution in [0.15, 0.2) is 54.2 Å². The van der Waals surface area contributed by atoms with E-state index in [2.05, 4.69) is 10.6 Å². The molecule has 0 saturated carbocycles. The summed E-state index contributed by atoms with van der Waals surface area (Å²) in [5, 5.41) is 14.8. The van der Waals surface area contributed by atoms with Crippen LogP contribution in [0.4, 0.5) is 11.4 Å². The maximum Gasteiger partial charge on any atom is 0.267 e. The molecule has 25 heavy (non-hydrogen) atoms. The fraction of sp³-hybridized carbons (Fsp3) is 0.158. The first-order valence-corrected chi connectivity index (χ1v) is 7.54. The first kappa shape index (κ1) is 17.9. The summed E-state index contributed by atoms with van der Waals surface area (Å²) in [6.07, 6.45) is 1.35. The minimum Gasteiger partial charge on any atom is -0.493 e. The van der Waals surface area contributed by atoms with E-state index in [1.165, 1.54) is 13.3 Å². The highest BCUT2D eigenvalue weighted by atomic mass is 16.5. The maximum atomic E-state index is 12.2. The van der Waals surface area contributed by atoms with Gasteiger partial charge in [-0.05, 0) is 31.2 Å². The van der Waals surface area contributed by atoms with E-state index >= 15 is 0 Å². The number of nitriles is 1. The van der Waals surface area contributed by atoms with Gasteiger partial charge >= 0.3 is 0 Å². The number of hydrogen-bond donors (Lipinski definition) is 2. The topological polar surface area (TPSA) is 83.4 Å². The highest BCUT2D eigenvalue weighted by Gasteiger charge is 2.10. The van der Waals surface area contributed by atoms with Crippen LogP contribution in [0.25, 0.3) is 0 Å². The zero-order valence-electron chi connectivity index (χ0n) is 14.3. The van der Waals surface area contributed by atoms with E-state index in [0.29, 0.717) is 22.9 Å². The molecule has 0 unspecified atom stereocenters. The van der Waals surface area contributed by atoms with E-state index in [1.54, 1.807) is 37.4 Å². The Morgan fingerprint density at radius 2 is 1.68 bits per heavy atom. The molecule has 0 heterocycles. The Bertz CT molecular complexity index is 821. The average molecular weight is 337 g/mol. The van der Waals surface area contributed by atoms with Gasteiger partial charge in [-0.2, -0.15) is 5.26 Å². The molecule has 0 bridgehead atoms. The lowest BCUT2D eigenvalue weighted by molar-refractivity contribution is -0.112. The molecule has 2 aromatic rings. The van der Waals surface area contributed by atoms with Crippen molar-refractivity contribution in [3.8, 4) is 17.6 Å². The highest BCUT2D eigenvalue weighted by Crippen LogP contribution is 2.29. The van der Waals surface area contributed by atoms with Crippen molar-refractivity contribution < 1.29 is 14.3 Å². The number of carbonyl (C=O) groups excluding carboxylic acids is 1. The molecular weight excluding hydrogens is 318 g/mol. The van der Waals surface area contributed by atoms with Crippen LogP contribution in [0.2, 0.25) is 0 Å². The summed E-state index contributed by atoms with van der Waals surface area (Å²) in [6, 6.07) is 14.4. The number of ether oxygens (including phenoxy) is 2. The van der Waals surface area contributed by atoms with Gasteiger partial charge in [-0.15, -0.1) is 0 Å². The van der Waals surface area contributed by atoms with Gasteiger partial charge in [0.25, 0.3) is 5.91 Å². The largest absolute Gasteiger partial charge is 0.493 e. The van der Waals surface area contributed by atoms with E-state index in [9.17, 15) is 10.1 Å². The highest BCUT2D eigenvalue weighted by molar-refractivity contribution is 6.06. The van der Waals surface area contributed by atoms with Gasteiger partial charge in [0.05, 0.1) is 14.2 Å². The molecule has 0 aliphatic heterocycles. The molecule has 0 fully saturated rings. The molecule has 128 valence electrons. The van der Waals surface area contributed by atoms with Gasteiger partial charge in [0.15, 0.2) is 11.5 Å². The number of nitrogens with zero attached hydrogens (tertiary/aromatic N) is 1. The Kier molecular flexibility index (Phi) is 6.02. The summed E-state index contributed by atoms with van der Waals surface area (Å²) in [4.78, 5) is 12.2. The molecule has 2 N–H and O–H groups in total. The predicted molar refractivity (Wildman–Crippen MR) is 96.7 cm³/mol. The Balaban J connectivity index is 2.10. The van der Waals surface area contributed by atoms with Crippen LogP contribution in [0.5, 0.6) is 11.5 Å². The summed E-state index contributed by atoms with van der Waals surface area (Å²) >= 11 is 0. The molecule has 0 aromatic heterocycles. The zero-order valence-corrected chi connectivity index (χ0v) is 14.3. The van der Waals surface area contributed by atoms with E-state index in [4.69, 9.17) is 9.47 Å². The van der Waals surface area contributed by atoms with Crippen LogP contribution in [-0.2, 0) is 4.79 Å². The SMILES string of the molecule is COc1ccc(N/C=C(/C#N)C(=O)Nc2ccc(C)cc2)cc1OC. The van der Waals surface area contributed by atoms with Crippen LogP contribution in [0.1, 0.15) is 5.56 Å². The lowest BCUT2D eigenvalue weighted by atomic mass is 10.2. The van der Waals surface area contributed by atoms with Gasteiger partial charge in [0.2, 0.25) is 0 Å². The molecule has 1 amide bonds. The molecule has 6 nitrogen and oxygen atoms in total. The number of nitrogens with one attached hydrogen (secondary N) is 2. The Hall–Kier alpha value is -3.46. The molecule has 0 spiro atoms. The van der Waals surface area contributed by atoms with E-state index in [0.717, 1.165) is 5.56 Å². The first-order valence-electron chi connectivity index (χ1n) is 7.54. The standard InChI is InChI=1S/C19H19N3O3/c1-13-4-6-15(7-5-13)22-19(23)14(11-20)12-21-16-8-9-17(24-2)18(10-16)25-3/h4-10,12,21H,1-3H3,(H,22,23)/b14-12-. The van der Waals surface area contributed by atoms with E-state index in [1.807, 2.05) is 25.1 Å². The molecule has 0 aliphatic rings. The normalized spacial score (nSPS) is 10.6. The van der Waals surface area contributed by atoms with Crippen LogP contribution >= 0.6 is 0 Å². The third-order valence-corrected chi connectivity index (χ3v) is 3.44. The van der Waals surface area contributed by atoms with Gasteiger partial charge in [-0.3, -0.25) is 4.79 Å². The fourth-order valence-corrected chi connectivity index (χ4v) is 2.07. The Morgan fingerprint density at radius 3 is 2.28 bits per heavy atom. The molecule has 0 atom stereocenters. The predicted octanol–water partition coefficient (Wildman–Crippen LogP) is 3.47. The van der Waals surface area contributed by atoms with Gasteiger partial charge in [-0.25, -0.2) is 0 Å². The fourth-order valence-electron chi connectivity index (χ4n) is 2.07. The minimum atomic E-state index is -0.487. The second kappa shape index (κ2) is 8.41. The van der Waals surface area contributed by atoms with Crippen molar-refractivity contribution in [2.45, 2.75) is 6.92 Å². The number of rotatable bonds is 6. The lowest BCUT2D eigenvalue weighted by Gasteiger charge is -2.10. The van der Waals surface area contributed by atoms with Crippen molar-refractivity contribution in [2.75, 3.05) is 24.9 Å². The molecule has 6 heteroatoms. The molecular formula is C19H19N3O3. The maximum absolute atomic E-state index is 12.2. The minimum absolute atomic E-state index is 0.0460. The van der Waals surface area contributed by atoms with Crippen molar-refractivity contribution in [2.24, 2.45) is 0 Å². The first-order chi connectivity index (χ1) is 12.1. The number of methoxy groups -OCH3 is 2. The quantitative estimate of drug-likeness (QED) is 0.623. The van der Waals surface area contributed by atoms with Crippen LogP contribution in [-0.4, -0.2) is 20.1 Å². The third kappa shape index (κ3) is 4.75. The molecule has 0 aliphatic carbocycles. The number of carbonyl (C=O) groups is 1. The molecule has 0 radical (unpaired) electrons. The van der Waals surface area contributed by atoms with Crippen molar-refractivity contribution in [1.29, 1.82) is 5.26 Å². The second-order valence-corrected chi connectivity index (χ2v) is 5.20.